The SMILES string of the molecule is O=C(NCCc1cccs1)C1CCN(Cc2nc3cc(Cl)ccc3n2Cc2ccccc2)CC1. The van der Waals surface area contributed by atoms with Crippen molar-refractivity contribution in [2.75, 3.05) is 19.6 Å². The Balaban J connectivity index is 1.21. The van der Waals surface area contributed by atoms with E-state index in [9.17, 15) is 4.79 Å². The van der Waals surface area contributed by atoms with E-state index in [4.69, 9.17) is 16.6 Å². The predicted octanol–water partition coefficient (Wildman–Crippen LogP) is 5.37. The maximum absolute atomic E-state index is 12.6. The number of nitrogens with one attached hydrogen (secondary N) is 1. The molecule has 1 saturated heterocycles. The molecule has 0 saturated carbocycles. The van der Waals surface area contributed by atoms with Gasteiger partial charge < -0.3 is 9.88 Å². The number of carbonyl (C=O) groups is 1. The molecular weight excluding hydrogens is 464 g/mol. The first-order valence-electron chi connectivity index (χ1n) is 11.9. The van der Waals surface area contributed by atoms with Crippen molar-refractivity contribution < 1.29 is 4.79 Å². The molecule has 7 heteroatoms. The number of likely N-dealkylation sites (tertiary alicyclic amines) is 1. The van der Waals surface area contributed by atoms with Gasteiger partial charge in [-0.25, -0.2) is 4.98 Å². The van der Waals surface area contributed by atoms with E-state index in [1.807, 2.05) is 18.2 Å². The van der Waals surface area contributed by atoms with Crippen LogP contribution in [0.1, 0.15) is 29.1 Å². The van der Waals surface area contributed by atoms with E-state index in [0.29, 0.717) is 11.6 Å². The van der Waals surface area contributed by atoms with Gasteiger partial charge in [-0.15, -0.1) is 11.3 Å². The van der Waals surface area contributed by atoms with Crippen LogP contribution in [0.15, 0.2) is 66.0 Å². The van der Waals surface area contributed by atoms with Crippen molar-refractivity contribution in [2.45, 2.75) is 32.4 Å². The van der Waals surface area contributed by atoms with Crippen LogP contribution in [-0.4, -0.2) is 40.0 Å². The second-order valence-corrected chi connectivity index (χ2v) is 10.4. The second kappa shape index (κ2) is 10.7. The van der Waals surface area contributed by atoms with E-state index in [2.05, 4.69) is 62.6 Å². The van der Waals surface area contributed by atoms with Gasteiger partial charge >= 0.3 is 0 Å². The molecule has 1 N–H and O–H groups in total. The van der Waals surface area contributed by atoms with Crippen LogP contribution in [0.4, 0.5) is 0 Å². The molecule has 0 unspecified atom stereocenters. The van der Waals surface area contributed by atoms with Crippen LogP contribution < -0.4 is 5.32 Å². The van der Waals surface area contributed by atoms with E-state index < -0.39 is 0 Å². The molecule has 0 atom stereocenters. The Bertz CT molecular complexity index is 1230. The maximum atomic E-state index is 12.6. The quantitative estimate of drug-likeness (QED) is 0.359. The van der Waals surface area contributed by atoms with Crippen molar-refractivity contribution in [3.63, 3.8) is 0 Å². The topological polar surface area (TPSA) is 50.2 Å². The minimum absolute atomic E-state index is 0.0986. The zero-order valence-electron chi connectivity index (χ0n) is 19.1. The van der Waals surface area contributed by atoms with Crippen LogP contribution in [0.2, 0.25) is 5.02 Å². The minimum atomic E-state index is 0.0986. The van der Waals surface area contributed by atoms with Gasteiger partial charge in [0, 0.05) is 28.9 Å². The van der Waals surface area contributed by atoms with E-state index in [-0.39, 0.29) is 11.8 Å². The Labute approximate surface area is 209 Å². The molecule has 1 aliphatic heterocycles. The van der Waals surface area contributed by atoms with E-state index in [0.717, 1.165) is 62.3 Å². The Morgan fingerprint density at radius 1 is 1.06 bits per heavy atom. The number of hydrogen-bond acceptors (Lipinski definition) is 4. The van der Waals surface area contributed by atoms with Crippen molar-refractivity contribution in [2.24, 2.45) is 5.92 Å². The largest absolute Gasteiger partial charge is 0.355 e. The van der Waals surface area contributed by atoms with Crippen LogP contribution in [-0.2, 0) is 24.3 Å². The fraction of sp³-hybridized carbons (Fsp3) is 0.333. The first kappa shape index (κ1) is 23.1. The highest BCUT2D eigenvalue weighted by molar-refractivity contribution is 7.09. The van der Waals surface area contributed by atoms with Gasteiger partial charge in [-0.3, -0.25) is 9.69 Å². The molecule has 5 nitrogen and oxygen atoms in total. The summed E-state index contributed by atoms with van der Waals surface area (Å²) in [5.41, 5.74) is 3.28. The lowest BCUT2D eigenvalue weighted by Gasteiger charge is -2.31. The summed E-state index contributed by atoms with van der Waals surface area (Å²) in [6, 6.07) is 20.6. The van der Waals surface area contributed by atoms with Crippen molar-refractivity contribution in [1.82, 2.24) is 19.8 Å². The van der Waals surface area contributed by atoms with E-state index in [1.54, 1.807) is 11.3 Å². The summed E-state index contributed by atoms with van der Waals surface area (Å²) in [5.74, 6) is 1.34. The summed E-state index contributed by atoms with van der Waals surface area (Å²) in [5, 5.41) is 5.92. The molecule has 2 aromatic carbocycles. The van der Waals surface area contributed by atoms with Crippen molar-refractivity contribution >= 4 is 39.9 Å². The third-order valence-electron chi connectivity index (χ3n) is 6.55. The predicted molar refractivity (Wildman–Crippen MR) is 139 cm³/mol. The maximum Gasteiger partial charge on any atom is 0.223 e. The van der Waals surface area contributed by atoms with Crippen molar-refractivity contribution in [3.05, 3.63) is 87.3 Å². The molecule has 34 heavy (non-hydrogen) atoms. The summed E-state index contributed by atoms with van der Waals surface area (Å²) in [7, 11) is 0. The first-order chi connectivity index (χ1) is 16.7. The highest BCUT2D eigenvalue weighted by Gasteiger charge is 2.26. The van der Waals surface area contributed by atoms with Crippen LogP contribution in [0.5, 0.6) is 0 Å². The van der Waals surface area contributed by atoms with Gasteiger partial charge in [0.15, 0.2) is 0 Å². The number of piperidine rings is 1. The third kappa shape index (κ3) is 5.52. The van der Waals surface area contributed by atoms with E-state index >= 15 is 0 Å². The highest BCUT2D eigenvalue weighted by atomic mass is 35.5. The smallest absolute Gasteiger partial charge is 0.223 e. The molecule has 176 valence electrons. The molecule has 4 aromatic rings. The van der Waals surface area contributed by atoms with Crippen molar-refractivity contribution in [1.29, 1.82) is 0 Å². The van der Waals surface area contributed by atoms with Gasteiger partial charge in [-0.2, -0.15) is 0 Å². The summed E-state index contributed by atoms with van der Waals surface area (Å²) in [4.78, 5) is 21.3. The molecule has 2 aromatic heterocycles. The Kier molecular flexibility index (Phi) is 7.28. The number of amides is 1. The van der Waals surface area contributed by atoms with Gasteiger partial charge in [0.2, 0.25) is 5.91 Å². The van der Waals surface area contributed by atoms with Gasteiger partial charge in [-0.05, 0) is 67.6 Å². The fourth-order valence-electron chi connectivity index (χ4n) is 4.68. The third-order valence-corrected chi connectivity index (χ3v) is 7.72. The lowest BCUT2D eigenvalue weighted by molar-refractivity contribution is -0.126. The number of carbonyl (C=O) groups excluding carboxylic acids is 1. The first-order valence-corrected chi connectivity index (χ1v) is 13.1. The Morgan fingerprint density at radius 2 is 1.88 bits per heavy atom. The van der Waals surface area contributed by atoms with Crippen LogP contribution in [0.3, 0.4) is 0 Å². The zero-order chi connectivity index (χ0) is 23.3. The number of fused-ring (bicyclic) bond motifs is 1. The molecule has 1 aliphatic rings. The minimum Gasteiger partial charge on any atom is -0.355 e. The number of nitrogens with zero attached hydrogens (tertiary/aromatic N) is 3. The molecule has 1 amide bonds. The number of imidazole rings is 1. The molecule has 0 bridgehead atoms. The monoisotopic (exact) mass is 492 g/mol. The number of thiophene rings is 1. The molecule has 0 spiro atoms. The normalized spacial score (nSPS) is 15.1. The van der Waals surface area contributed by atoms with Crippen molar-refractivity contribution in [3.8, 4) is 0 Å². The average molecular weight is 493 g/mol. The number of aromatic nitrogens is 2. The number of rotatable bonds is 8. The summed E-state index contributed by atoms with van der Waals surface area (Å²) in [6.07, 6.45) is 2.68. The summed E-state index contributed by atoms with van der Waals surface area (Å²) in [6.45, 7) is 4.06. The standard InChI is InChI=1S/C27H29ClN4OS/c28-22-8-9-25-24(17-22)30-26(32(25)18-20-5-2-1-3-6-20)19-31-14-11-21(12-15-31)27(33)29-13-10-23-7-4-16-34-23/h1-9,16-17,21H,10-15,18-19H2,(H,29,33). The Morgan fingerprint density at radius 3 is 2.65 bits per heavy atom. The molecule has 3 heterocycles. The van der Waals surface area contributed by atoms with Crippen LogP contribution in [0, 0.1) is 5.92 Å². The van der Waals surface area contributed by atoms with Gasteiger partial charge in [0.05, 0.1) is 17.6 Å². The highest BCUT2D eigenvalue weighted by Crippen LogP contribution is 2.25. The molecular formula is C27H29ClN4OS. The lowest BCUT2D eigenvalue weighted by atomic mass is 9.96. The molecule has 1 fully saturated rings. The summed E-state index contributed by atoms with van der Waals surface area (Å²) >= 11 is 7.99. The van der Waals surface area contributed by atoms with Crippen LogP contribution >= 0.6 is 22.9 Å². The molecule has 0 radical (unpaired) electrons. The number of halogens is 1. The van der Waals surface area contributed by atoms with Gasteiger partial charge in [-0.1, -0.05) is 48.0 Å². The second-order valence-electron chi connectivity index (χ2n) is 8.90. The number of benzene rings is 2. The molecule has 0 aliphatic carbocycles. The van der Waals surface area contributed by atoms with Gasteiger partial charge in [0.1, 0.15) is 5.82 Å². The lowest BCUT2D eigenvalue weighted by Crippen LogP contribution is -2.41. The average Bonchev–Trinajstić information content (AvgIpc) is 3.48. The number of hydrogen-bond donors (Lipinski definition) is 1. The van der Waals surface area contributed by atoms with E-state index in [1.165, 1.54) is 10.4 Å². The zero-order valence-corrected chi connectivity index (χ0v) is 20.7. The summed E-state index contributed by atoms with van der Waals surface area (Å²) < 4.78 is 2.30. The fourth-order valence-corrected chi connectivity index (χ4v) is 5.55. The Hall–Kier alpha value is -2.67. The molecule has 5 rings (SSSR count). The van der Waals surface area contributed by atoms with Crippen LogP contribution in [0.25, 0.3) is 11.0 Å². The van der Waals surface area contributed by atoms with Gasteiger partial charge in [0.25, 0.3) is 0 Å².